The molecule has 0 unspecified atom stereocenters. The molecule has 29 heavy (non-hydrogen) atoms. The average Bonchev–Trinajstić information content (AvgIpc) is 2.73. The van der Waals surface area contributed by atoms with E-state index in [0.29, 0.717) is 16.8 Å². The zero-order valence-corrected chi connectivity index (χ0v) is 18.1. The number of nitrogens with one attached hydrogen (secondary N) is 3. The summed E-state index contributed by atoms with van der Waals surface area (Å²) in [6.45, 7) is 0. The number of anilines is 1. The number of halogens is 2. The monoisotopic (exact) mass is 515 g/mol. The highest BCUT2D eigenvalue weighted by atomic mass is 79.9. The Kier molecular flexibility index (Phi) is 6.79. The molecule has 0 heterocycles. The molecular formula is C21H15Br2N3O3. The van der Waals surface area contributed by atoms with Gasteiger partial charge in [0.25, 0.3) is 17.7 Å². The highest BCUT2D eigenvalue weighted by molar-refractivity contribution is 9.10. The van der Waals surface area contributed by atoms with Gasteiger partial charge in [-0.15, -0.1) is 0 Å². The molecule has 0 fully saturated rings. The number of hydrogen-bond acceptors (Lipinski definition) is 3. The molecule has 3 amide bonds. The molecule has 146 valence electrons. The van der Waals surface area contributed by atoms with Crippen molar-refractivity contribution in [3.63, 3.8) is 0 Å². The maximum atomic E-state index is 12.5. The average molecular weight is 517 g/mol. The third kappa shape index (κ3) is 5.52. The van der Waals surface area contributed by atoms with Gasteiger partial charge in [0, 0.05) is 20.1 Å². The minimum Gasteiger partial charge on any atom is -0.321 e. The first-order valence-corrected chi connectivity index (χ1v) is 10.0. The minimum atomic E-state index is -0.554. The molecule has 0 aliphatic heterocycles. The van der Waals surface area contributed by atoms with Gasteiger partial charge in [-0.3, -0.25) is 25.2 Å². The standard InChI is InChI=1S/C21H15Br2N3O3/c22-15-9-5-13(6-10-15)19(27)24-18-4-2-1-3-17(18)21(29)26-25-20(28)14-7-11-16(23)12-8-14/h1-12H,(H,24,27)(H,25,28)(H,26,29). The lowest BCUT2D eigenvalue weighted by Gasteiger charge is -2.12. The largest absolute Gasteiger partial charge is 0.321 e. The lowest BCUT2D eigenvalue weighted by Crippen LogP contribution is -2.41. The number of rotatable bonds is 4. The van der Waals surface area contributed by atoms with Gasteiger partial charge >= 0.3 is 0 Å². The van der Waals surface area contributed by atoms with E-state index in [1.54, 1.807) is 72.8 Å². The van der Waals surface area contributed by atoms with E-state index in [-0.39, 0.29) is 11.5 Å². The molecule has 0 aliphatic carbocycles. The summed E-state index contributed by atoms with van der Waals surface area (Å²) in [6, 6.07) is 20.1. The maximum Gasteiger partial charge on any atom is 0.271 e. The van der Waals surface area contributed by atoms with Crippen molar-refractivity contribution in [3.05, 3.63) is 98.4 Å². The van der Waals surface area contributed by atoms with Crippen molar-refractivity contribution < 1.29 is 14.4 Å². The summed E-state index contributed by atoms with van der Waals surface area (Å²) >= 11 is 6.62. The number of amides is 3. The number of carbonyl (C=O) groups excluding carboxylic acids is 3. The van der Waals surface area contributed by atoms with Crippen LogP contribution in [0.1, 0.15) is 31.1 Å². The smallest absolute Gasteiger partial charge is 0.271 e. The van der Waals surface area contributed by atoms with Gasteiger partial charge in [0.2, 0.25) is 0 Å². The lowest BCUT2D eigenvalue weighted by molar-refractivity contribution is 0.0847. The molecule has 0 saturated heterocycles. The molecule has 0 radical (unpaired) electrons. The number of hydrazine groups is 1. The second-order valence-corrected chi connectivity index (χ2v) is 7.75. The van der Waals surface area contributed by atoms with Crippen molar-refractivity contribution >= 4 is 55.3 Å². The Morgan fingerprint density at radius 1 is 0.586 bits per heavy atom. The Hall–Kier alpha value is -2.97. The summed E-state index contributed by atoms with van der Waals surface area (Å²) in [5.41, 5.74) is 6.12. The zero-order valence-electron chi connectivity index (χ0n) is 14.9. The third-order valence-corrected chi connectivity index (χ3v) is 4.98. The van der Waals surface area contributed by atoms with Crippen LogP contribution in [-0.4, -0.2) is 17.7 Å². The van der Waals surface area contributed by atoms with Gasteiger partial charge in [0.1, 0.15) is 0 Å². The number of carbonyl (C=O) groups is 3. The van der Waals surface area contributed by atoms with Crippen molar-refractivity contribution in [2.45, 2.75) is 0 Å². The molecule has 3 aromatic carbocycles. The number of para-hydroxylation sites is 1. The Morgan fingerprint density at radius 3 is 1.66 bits per heavy atom. The van der Waals surface area contributed by atoms with E-state index in [4.69, 9.17) is 0 Å². The highest BCUT2D eigenvalue weighted by Gasteiger charge is 2.15. The fourth-order valence-electron chi connectivity index (χ4n) is 2.44. The van der Waals surface area contributed by atoms with Gasteiger partial charge in [-0.25, -0.2) is 0 Å². The van der Waals surface area contributed by atoms with Crippen LogP contribution >= 0.6 is 31.9 Å². The van der Waals surface area contributed by atoms with Gasteiger partial charge < -0.3 is 5.32 Å². The van der Waals surface area contributed by atoms with Gasteiger partial charge in [0.15, 0.2) is 0 Å². The van der Waals surface area contributed by atoms with Crippen LogP contribution in [0.5, 0.6) is 0 Å². The summed E-state index contributed by atoms with van der Waals surface area (Å²) in [5.74, 6) is -1.36. The Labute approximate surface area is 183 Å². The van der Waals surface area contributed by atoms with Crippen LogP contribution in [0.25, 0.3) is 0 Å². The molecule has 3 rings (SSSR count). The Bertz CT molecular complexity index is 1050. The first-order chi connectivity index (χ1) is 13.9. The summed E-state index contributed by atoms with van der Waals surface area (Å²) in [7, 11) is 0. The maximum absolute atomic E-state index is 12.5. The van der Waals surface area contributed by atoms with E-state index < -0.39 is 11.8 Å². The molecule has 3 N–H and O–H groups in total. The van der Waals surface area contributed by atoms with E-state index >= 15 is 0 Å². The molecule has 0 bridgehead atoms. The first-order valence-electron chi connectivity index (χ1n) is 8.46. The van der Waals surface area contributed by atoms with Crippen LogP contribution in [0.4, 0.5) is 5.69 Å². The van der Waals surface area contributed by atoms with Crippen molar-refractivity contribution in [2.75, 3.05) is 5.32 Å². The number of benzene rings is 3. The normalized spacial score (nSPS) is 10.1. The minimum absolute atomic E-state index is 0.217. The van der Waals surface area contributed by atoms with Crippen molar-refractivity contribution in [1.29, 1.82) is 0 Å². The van der Waals surface area contributed by atoms with Gasteiger partial charge in [-0.1, -0.05) is 44.0 Å². The summed E-state index contributed by atoms with van der Waals surface area (Å²) < 4.78 is 1.70. The second kappa shape index (κ2) is 9.49. The molecule has 0 aliphatic rings. The molecule has 0 spiro atoms. The van der Waals surface area contributed by atoms with Crippen LogP contribution in [0.2, 0.25) is 0 Å². The Morgan fingerprint density at radius 2 is 1.07 bits per heavy atom. The van der Waals surface area contributed by atoms with Crippen LogP contribution in [-0.2, 0) is 0 Å². The predicted octanol–water partition coefficient (Wildman–Crippen LogP) is 4.54. The SMILES string of the molecule is O=C(NNC(=O)c1ccccc1NC(=O)c1ccc(Br)cc1)c1ccc(Br)cc1. The fraction of sp³-hybridized carbons (Fsp3) is 0. The van der Waals surface area contributed by atoms with E-state index in [1.807, 2.05) is 0 Å². The van der Waals surface area contributed by atoms with E-state index in [1.165, 1.54) is 0 Å². The topological polar surface area (TPSA) is 87.3 Å². The van der Waals surface area contributed by atoms with Gasteiger partial charge in [0.05, 0.1) is 11.3 Å². The molecular weight excluding hydrogens is 502 g/mol. The fourth-order valence-corrected chi connectivity index (χ4v) is 2.97. The number of hydrogen-bond donors (Lipinski definition) is 3. The van der Waals surface area contributed by atoms with Gasteiger partial charge in [-0.05, 0) is 60.7 Å². The third-order valence-electron chi connectivity index (χ3n) is 3.92. The van der Waals surface area contributed by atoms with Crippen molar-refractivity contribution in [2.24, 2.45) is 0 Å². The zero-order chi connectivity index (χ0) is 20.8. The van der Waals surface area contributed by atoms with E-state index in [0.717, 1.165) is 8.95 Å². The quantitative estimate of drug-likeness (QED) is 0.445. The predicted molar refractivity (Wildman–Crippen MR) is 118 cm³/mol. The van der Waals surface area contributed by atoms with E-state index in [9.17, 15) is 14.4 Å². The summed E-state index contributed by atoms with van der Waals surface area (Å²) in [6.07, 6.45) is 0. The molecule has 0 saturated carbocycles. The first kappa shape index (κ1) is 20.8. The summed E-state index contributed by atoms with van der Waals surface area (Å²) in [5, 5.41) is 2.72. The van der Waals surface area contributed by atoms with Crippen LogP contribution in [0.15, 0.2) is 81.7 Å². The second-order valence-electron chi connectivity index (χ2n) is 5.92. The molecule has 0 atom stereocenters. The molecule has 8 heteroatoms. The van der Waals surface area contributed by atoms with Crippen LogP contribution in [0, 0.1) is 0 Å². The lowest BCUT2D eigenvalue weighted by atomic mass is 10.1. The summed E-state index contributed by atoms with van der Waals surface area (Å²) in [4.78, 5) is 37.1. The van der Waals surface area contributed by atoms with Crippen LogP contribution in [0.3, 0.4) is 0 Å². The van der Waals surface area contributed by atoms with Crippen molar-refractivity contribution in [3.8, 4) is 0 Å². The Balaban J connectivity index is 1.68. The molecule has 0 aromatic heterocycles. The highest BCUT2D eigenvalue weighted by Crippen LogP contribution is 2.17. The van der Waals surface area contributed by atoms with Gasteiger partial charge in [-0.2, -0.15) is 0 Å². The van der Waals surface area contributed by atoms with Crippen LogP contribution < -0.4 is 16.2 Å². The van der Waals surface area contributed by atoms with E-state index in [2.05, 4.69) is 48.0 Å². The molecule has 6 nitrogen and oxygen atoms in total. The van der Waals surface area contributed by atoms with Crippen molar-refractivity contribution in [1.82, 2.24) is 10.9 Å². The molecule has 3 aromatic rings.